The van der Waals surface area contributed by atoms with E-state index in [1.165, 1.54) is 31.0 Å². The van der Waals surface area contributed by atoms with Gasteiger partial charge in [0.2, 0.25) is 0 Å². The molecular formula is C16H15NO5S. The molecule has 0 bridgehead atoms. The van der Waals surface area contributed by atoms with E-state index in [9.17, 15) is 14.9 Å². The molecule has 6 nitrogen and oxygen atoms in total. The first-order valence-electron chi connectivity index (χ1n) is 6.68. The smallest absolute Gasteiger partial charge is 0.323 e. The Hall–Kier alpha value is -2.54. The molecule has 2 aromatic rings. The normalized spacial score (nSPS) is 11.6. The summed E-state index contributed by atoms with van der Waals surface area (Å²) in [6.45, 7) is 0. The highest BCUT2D eigenvalue weighted by molar-refractivity contribution is 8.00. The predicted molar refractivity (Wildman–Crippen MR) is 86.7 cm³/mol. The SMILES string of the molecule is COC(=O)C(Sc1ccc([N+](=O)[O-])cc1)c1ccc(OC)cc1. The van der Waals surface area contributed by atoms with Gasteiger partial charge in [0.05, 0.1) is 19.1 Å². The Labute approximate surface area is 137 Å². The van der Waals surface area contributed by atoms with Crippen LogP contribution in [0.5, 0.6) is 5.75 Å². The summed E-state index contributed by atoms with van der Waals surface area (Å²) in [4.78, 5) is 23.0. The third kappa shape index (κ3) is 4.23. The lowest BCUT2D eigenvalue weighted by molar-refractivity contribution is -0.384. The molecule has 7 heteroatoms. The summed E-state index contributed by atoms with van der Waals surface area (Å²) in [5.74, 6) is 0.302. The molecule has 0 N–H and O–H groups in total. The van der Waals surface area contributed by atoms with E-state index >= 15 is 0 Å². The fraction of sp³-hybridized carbons (Fsp3) is 0.188. The molecule has 0 radical (unpaired) electrons. The van der Waals surface area contributed by atoms with Crippen molar-refractivity contribution >= 4 is 23.4 Å². The molecule has 0 amide bonds. The molecule has 1 atom stereocenters. The molecular weight excluding hydrogens is 318 g/mol. The van der Waals surface area contributed by atoms with Crippen LogP contribution in [0.1, 0.15) is 10.8 Å². The van der Waals surface area contributed by atoms with Crippen LogP contribution in [0.2, 0.25) is 0 Å². The van der Waals surface area contributed by atoms with Crippen LogP contribution in [-0.4, -0.2) is 25.1 Å². The average Bonchev–Trinajstić information content (AvgIpc) is 2.59. The molecule has 2 aromatic carbocycles. The second kappa shape index (κ2) is 7.64. The second-order valence-corrected chi connectivity index (χ2v) is 5.72. The van der Waals surface area contributed by atoms with Gasteiger partial charge in [-0.15, -0.1) is 11.8 Å². The van der Waals surface area contributed by atoms with Crippen molar-refractivity contribution in [3.63, 3.8) is 0 Å². The molecule has 0 aromatic heterocycles. The number of hydrogen-bond donors (Lipinski definition) is 0. The maximum Gasteiger partial charge on any atom is 0.323 e. The number of benzene rings is 2. The number of ether oxygens (including phenoxy) is 2. The number of thioether (sulfide) groups is 1. The predicted octanol–water partition coefficient (Wildman–Crippen LogP) is 3.61. The highest BCUT2D eigenvalue weighted by Crippen LogP contribution is 2.37. The maximum atomic E-state index is 12.1. The molecule has 0 spiro atoms. The number of carbonyl (C=O) groups is 1. The van der Waals surface area contributed by atoms with Crippen molar-refractivity contribution in [3.05, 3.63) is 64.2 Å². The summed E-state index contributed by atoms with van der Waals surface area (Å²) in [6.07, 6.45) is 0. The molecule has 0 aliphatic carbocycles. The van der Waals surface area contributed by atoms with Crippen LogP contribution in [0, 0.1) is 10.1 Å². The van der Waals surface area contributed by atoms with Gasteiger partial charge in [0, 0.05) is 17.0 Å². The second-order valence-electron chi connectivity index (χ2n) is 4.55. The van der Waals surface area contributed by atoms with Crippen LogP contribution >= 0.6 is 11.8 Å². The Morgan fingerprint density at radius 3 is 2.17 bits per heavy atom. The van der Waals surface area contributed by atoms with E-state index in [1.54, 1.807) is 43.5 Å². The van der Waals surface area contributed by atoms with Crippen molar-refractivity contribution < 1.29 is 19.2 Å². The van der Waals surface area contributed by atoms with Gasteiger partial charge in [-0.2, -0.15) is 0 Å². The minimum Gasteiger partial charge on any atom is -0.497 e. The van der Waals surface area contributed by atoms with Gasteiger partial charge in [-0.3, -0.25) is 14.9 Å². The first kappa shape index (κ1) is 16.8. The number of nitrogens with zero attached hydrogens (tertiary/aromatic N) is 1. The van der Waals surface area contributed by atoms with Gasteiger partial charge in [0.15, 0.2) is 0 Å². The molecule has 0 saturated heterocycles. The fourth-order valence-electron chi connectivity index (χ4n) is 1.92. The number of nitro groups is 1. The Kier molecular flexibility index (Phi) is 5.59. The summed E-state index contributed by atoms with van der Waals surface area (Å²) in [5, 5.41) is 10.1. The van der Waals surface area contributed by atoms with Crippen LogP contribution in [0.25, 0.3) is 0 Å². The summed E-state index contributed by atoms with van der Waals surface area (Å²) >= 11 is 1.27. The Bertz CT molecular complexity index is 685. The number of methoxy groups -OCH3 is 2. The standard InChI is InChI=1S/C16H15NO5S/c1-21-13-7-3-11(4-8-13)15(16(18)22-2)23-14-9-5-12(6-10-14)17(19)20/h3-10,15H,1-2H3. The molecule has 0 saturated carbocycles. The molecule has 0 aliphatic rings. The van der Waals surface area contributed by atoms with Crippen molar-refractivity contribution in [2.45, 2.75) is 10.1 Å². The van der Waals surface area contributed by atoms with E-state index in [1.807, 2.05) is 0 Å². The third-order valence-electron chi connectivity index (χ3n) is 3.14. The largest absolute Gasteiger partial charge is 0.497 e. The zero-order valence-electron chi connectivity index (χ0n) is 12.6. The van der Waals surface area contributed by atoms with Gasteiger partial charge < -0.3 is 9.47 Å². The molecule has 0 aliphatic heterocycles. The number of rotatable bonds is 6. The molecule has 0 fully saturated rings. The minimum absolute atomic E-state index is 0.00779. The Balaban J connectivity index is 2.24. The topological polar surface area (TPSA) is 78.7 Å². The third-order valence-corrected chi connectivity index (χ3v) is 4.38. The summed E-state index contributed by atoms with van der Waals surface area (Å²) in [6, 6.07) is 13.2. The van der Waals surface area contributed by atoms with Crippen molar-refractivity contribution in [3.8, 4) is 5.75 Å². The average molecular weight is 333 g/mol. The van der Waals surface area contributed by atoms with Crippen molar-refractivity contribution in [2.75, 3.05) is 14.2 Å². The van der Waals surface area contributed by atoms with Crippen molar-refractivity contribution in [2.24, 2.45) is 0 Å². The fourth-order valence-corrected chi connectivity index (χ4v) is 2.97. The van der Waals surface area contributed by atoms with Gasteiger partial charge in [0.1, 0.15) is 11.0 Å². The van der Waals surface area contributed by atoms with Crippen LogP contribution in [0.3, 0.4) is 0 Å². The molecule has 2 rings (SSSR count). The molecule has 0 heterocycles. The molecule has 120 valence electrons. The van der Waals surface area contributed by atoms with Crippen molar-refractivity contribution in [1.29, 1.82) is 0 Å². The number of non-ortho nitro benzene ring substituents is 1. The van der Waals surface area contributed by atoms with Gasteiger partial charge in [-0.1, -0.05) is 12.1 Å². The Morgan fingerprint density at radius 2 is 1.70 bits per heavy atom. The lowest BCUT2D eigenvalue weighted by Crippen LogP contribution is -2.11. The highest BCUT2D eigenvalue weighted by Gasteiger charge is 2.23. The van der Waals surface area contributed by atoms with Gasteiger partial charge >= 0.3 is 5.97 Å². The molecule has 1 unspecified atom stereocenters. The first-order chi connectivity index (χ1) is 11.0. The maximum absolute atomic E-state index is 12.1. The highest BCUT2D eigenvalue weighted by atomic mass is 32.2. The number of esters is 1. The lowest BCUT2D eigenvalue weighted by atomic mass is 10.1. The van der Waals surface area contributed by atoms with E-state index in [0.717, 1.165) is 10.5 Å². The Morgan fingerprint density at radius 1 is 1.09 bits per heavy atom. The van der Waals surface area contributed by atoms with Crippen molar-refractivity contribution in [1.82, 2.24) is 0 Å². The van der Waals surface area contributed by atoms with Gasteiger partial charge in [-0.25, -0.2) is 0 Å². The van der Waals surface area contributed by atoms with E-state index in [-0.39, 0.29) is 5.69 Å². The molecule has 23 heavy (non-hydrogen) atoms. The number of carbonyl (C=O) groups excluding carboxylic acids is 1. The van der Waals surface area contributed by atoms with E-state index in [4.69, 9.17) is 9.47 Å². The number of nitro benzene ring substituents is 1. The minimum atomic E-state index is -0.563. The van der Waals surface area contributed by atoms with E-state index in [2.05, 4.69) is 0 Å². The van der Waals surface area contributed by atoms with Crippen LogP contribution in [-0.2, 0) is 9.53 Å². The summed E-state index contributed by atoms with van der Waals surface area (Å²) in [5.41, 5.74) is 0.773. The monoisotopic (exact) mass is 333 g/mol. The quantitative estimate of drug-likeness (QED) is 0.348. The summed E-state index contributed by atoms with van der Waals surface area (Å²) < 4.78 is 9.96. The van der Waals surface area contributed by atoms with Gasteiger partial charge in [-0.05, 0) is 29.8 Å². The lowest BCUT2D eigenvalue weighted by Gasteiger charge is -2.15. The summed E-state index contributed by atoms with van der Waals surface area (Å²) in [7, 11) is 2.90. The number of hydrogen-bond acceptors (Lipinski definition) is 6. The first-order valence-corrected chi connectivity index (χ1v) is 7.56. The van der Waals surface area contributed by atoms with Gasteiger partial charge in [0.25, 0.3) is 5.69 Å². The van der Waals surface area contributed by atoms with Crippen LogP contribution in [0.4, 0.5) is 5.69 Å². The zero-order valence-corrected chi connectivity index (χ0v) is 13.4. The van der Waals surface area contributed by atoms with E-state index < -0.39 is 16.1 Å². The van der Waals surface area contributed by atoms with E-state index in [0.29, 0.717) is 5.75 Å². The van der Waals surface area contributed by atoms with Crippen LogP contribution in [0.15, 0.2) is 53.4 Å². The zero-order chi connectivity index (χ0) is 16.8. The van der Waals surface area contributed by atoms with Crippen LogP contribution < -0.4 is 4.74 Å².